The number of hydrogen-bond donors (Lipinski definition) is 0. The third kappa shape index (κ3) is 2.83. The van der Waals surface area contributed by atoms with Crippen molar-refractivity contribution in [3.05, 3.63) is 54.1 Å². The van der Waals surface area contributed by atoms with E-state index in [0.29, 0.717) is 5.92 Å². The average molecular weight is 242 g/mol. The minimum atomic E-state index is 0.444. The molecule has 18 heavy (non-hydrogen) atoms. The Bertz CT molecular complexity index is 501. The molecule has 0 aliphatic rings. The molecule has 2 rings (SSSR count). The molecule has 2 aromatic rings. The summed E-state index contributed by atoms with van der Waals surface area (Å²) in [4.78, 5) is 0. The van der Waals surface area contributed by atoms with Crippen LogP contribution < -0.4 is 9.47 Å². The summed E-state index contributed by atoms with van der Waals surface area (Å²) >= 11 is 0. The third-order valence-electron chi connectivity index (χ3n) is 2.83. The van der Waals surface area contributed by atoms with Gasteiger partial charge in [-0.15, -0.1) is 0 Å². The highest BCUT2D eigenvalue weighted by Crippen LogP contribution is 2.30. The zero-order valence-corrected chi connectivity index (χ0v) is 11.0. The van der Waals surface area contributed by atoms with Crippen molar-refractivity contribution in [1.29, 1.82) is 0 Å². The standard InChI is InChI=1S/C16H18O2/c1-12(2)15-6-4-5-7-16(15)18-14-10-8-13(17-3)9-11-14/h4-12H,1-3H3. The molecule has 0 saturated heterocycles. The first-order chi connectivity index (χ1) is 8.70. The smallest absolute Gasteiger partial charge is 0.130 e. The maximum Gasteiger partial charge on any atom is 0.130 e. The summed E-state index contributed by atoms with van der Waals surface area (Å²) in [5.74, 6) is 3.01. The molecule has 0 N–H and O–H groups in total. The van der Waals surface area contributed by atoms with E-state index in [1.807, 2.05) is 42.5 Å². The normalized spacial score (nSPS) is 10.4. The van der Waals surface area contributed by atoms with Crippen LogP contribution in [-0.4, -0.2) is 7.11 Å². The summed E-state index contributed by atoms with van der Waals surface area (Å²) in [6.07, 6.45) is 0. The van der Waals surface area contributed by atoms with Crippen molar-refractivity contribution >= 4 is 0 Å². The van der Waals surface area contributed by atoms with Gasteiger partial charge in [0.2, 0.25) is 0 Å². The van der Waals surface area contributed by atoms with Crippen LogP contribution >= 0.6 is 0 Å². The molecule has 0 spiro atoms. The van der Waals surface area contributed by atoms with Crippen LogP contribution in [0.2, 0.25) is 0 Å². The monoisotopic (exact) mass is 242 g/mol. The van der Waals surface area contributed by atoms with E-state index < -0.39 is 0 Å². The van der Waals surface area contributed by atoms with Gasteiger partial charge >= 0.3 is 0 Å². The molecule has 0 unspecified atom stereocenters. The zero-order chi connectivity index (χ0) is 13.0. The van der Waals surface area contributed by atoms with E-state index in [4.69, 9.17) is 9.47 Å². The Labute approximate surface area is 108 Å². The van der Waals surface area contributed by atoms with Crippen molar-refractivity contribution in [3.8, 4) is 17.2 Å². The molecule has 0 amide bonds. The predicted octanol–water partition coefficient (Wildman–Crippen LogP) is 4.61. The molecular formula is C16H18O2. The Morgan fingerprint density at radius 3 is 2.06 bits per heavy atom. The van der Waals surface area contributed by atoms with Gasteiger partial charge in [-0.05, 0) is 41.8 Å². The molecule has 2 heteroatoms. The van der Waals surface area contributed by atoms with E-state index in [1.54, 1.807) is 7.11 Å². The van der Waals surface area contributed by atoms with Crippen molar-refractivity contribution in [3.63, 3.8) is 0 Å². The second-order valence-corrected chi connectivity index (χ2v) is 4.47. The Hall–Kier alpha value is -1.96. The lowest BCUT2D eigenvalue weighted by Gasteiger charge is -2.13. The second-order valence-electron chi connectivity index (χ2n) is 4.47. The lowest BCUT2D eigenvalue weighted by molar-refractivity contribution is 0.412. The van der Waals surface area contributed by atoms with Gasteiger partial charge in [0, 0.05) is 0 Å². The van der Waals surface area contributed by atoms with Gasteiger partial charge in [-0.25, -0.2) is 0 Å². The Balaban J connectivity index is 2.22. The first-order valence-corrected chi connectivity index (χ1v) is 6.11. The second kappa shape index (κ2) is 5.58. The molecule has 0 saturated carbocycles. The molecule has 0 aliphatic heterocycles. The van der Waals surface area contributed by atoms with Crippen LogP contribution in [0.3, 0.4) is 0 Å². The number of rotatable bonds is 4. The van der Waals surface area contributed by atoms with E-state index in [1.165, 1.54) is 5.56 Å². The molecule has 0 fully saturated rings. The fourth-order valence-electron chi connectivity index (χ4n) is 1.82. The highest BCUT2D eigenvalue weighted by atomic mass is 16.5. The molecule has 94 valence electrons. The molecular weight excluding hydrogens is 224 g/mol. The van der Waals surface area contributed by atoms with Gasteiger partial charge in [0.05, 0.1) is 7.11 Å². The molecule has 0 atom stereocenters. The van der Waals surface area contributed by atoms with Crippen LogP contribution in [0, 0.1) is 0 Å². The van der Waals surface area contributed by atoms with Gasteiger partial charge < -0.3 is 9.47 Å². The van der Waals surface area contributed by atoms with Crippen LogP contribution in [0.1, 0.15) is 25.3 Å². The fraction of sp³-hybridized carbons (Fsp3) is 0.250. The van der Waals surface area contributed by atoms with E-state index in [-0.39, 0.29) is 0 Å². The highest BCUT2D eigenvalue weighted by Gasteiger charge is 2.07. The minimum Gasteiger partial charge on any atom is -0.497 e. The minimum absolute atomic E-state index is 0.444. The van der Waals surface area contributed by atoms with Gasteiger partial charge in [0.25, 0.3) is 0 Å². The van der Waals surface area contributed by atoms with Crippen LogP contribution in [0.25, 0.3) is 0 Å². The number of ether oxygens (including phenoxy) is 2. The van der Waals surface area contributed by atoms with Crippen LogP contribution in [0.15, 0.2) is 48.5 Å². The van der Waals surface area contributed by atoms with Crippen molar-refractivity contribution in [1.82, 2.24) is 0 Å². The average Bonchev–Trinajstić information content (AvgIpc) is 2.40. The summed E-state index contributed by atoms with van der Waals surface area (Å²) in [5, 5.41) is 0. The SMILES string of the molecule is COc1ccc(Oc2ccccc2C(C)C)cc1. The largest absolute Gasteiger partial charge is 0.497 e. The van der Waals surface area contributed by atoms with E-state index >= 15 is 0 Å². The summed E-state index contributed by atoms with van der Waals surface area (Å²) < 4.78 is 11.0. The molecule has 0 aromatic heterocycles. The van der Waals surface area contributed by atoms with Crippen molar-refractivity contribution in [2.75, 3.05) is 7.11 Å². The summed E-state index contributed by atoms with van der Waals surface area (Å²) in [5.41, 5.74) is 1.22. The van der Waals surface area contributed by atoms with Gasteiger partial charge in [0.1, 0.15) is 17.2 Å². The number of methoxy groups -OCH3 is 1. The topological polar surface area (TPSA) is 18.5 Å². The summed E-state index contributed by atoms with van der Waals surface area (Å²) in [6.45, 7) is 4.33. The van der Waals surface area contributed by atoms with E-state index in [9.17, 15) is 0 Å². The lowest BCUT2D eigenvalue weighted by Crippen LogP contribution is -1.93. The maximum absolute atomic E-state index is 5.91. The van der Waals surface area contributed by atoms with Crippen molar-refractivity contribution < 1.29 is 9.47 Å². The zero-order valence-electron chi connectivity index (χ0n) is 11.0. The quantitative estimate of drug-likeness (QED) is 0.779. The molecule has 0 radical (unpaired) electrons. The number of hydrogen-bond acceptors (Lipinski definition) is 2. The summed E-state index contributed by atoms with van der Waals surface area (Å²) in [7, 11) is 1.66. The molecule has 2 nitrogen and oxygen atoms in total. The molecule has 0 bridgehead atoms. The Kier molecular flexibility index (Phi) is 3.88. The fourth-order valence-corrected chi connectivity index (χ4v) is 1.82. The van der Waals surface area contributed by atoms with Gasteiger partial charge in [-0.3, -0.25) is 0 Å². The van der Waals surface area contributed by atoms with E-state index in [0.717, 1.165) is 17.2 Å². The van der Waals surface area contributed by atoms with Gasteiger partial charge in [-0.2, -0.15) is 0 Å². The van der Waals surface area contributed by atoms with Gasteiger partial charge in [-0.1, -0.05) is 32.0 Å². The van der Waals surface area contributed by atoms with Gasteiger partial charge in [0.15, 0.2) is 0 Å². The number of benzene rings is 2. The van der Waals surface area contributed by atoms with Crippen molar-refractivity contribution in [2.24, 2.45) is 0 Å². The summed E-state index contributed by atoms with van der Waals surface area (Å²) in [6, 6.07) is 15.7. The Morgan fingerprint density at radius 1 is 0.833 bits per heavy atom. The van der Waals surface area contributed by atoms with Crippen LogP contribution in [0.5, 0.6) is 17.2 Å². The first-order valence-electron chi connectivity index (χ1n) is 6.11. The Morgan fingerprint density at radius 2 is 1.44 bits per heavy atom. The molecule has 0 heterocycles. The predicted molar refractivity (Wildman–Crippen MR) is 73.6 cm³/mol. The lowest BCUT2D eigenvalue weighted by atomic mass is 10.0. The third-order valence-corrected chi connectivity index (χ3v) is 2.83. The maximum atomic E-state index is 5.91. The van der Waals surface area contributed by atoms with Crippen molar-refractivity contribution in [2.45, 2.75) is 19.8 Å². The number of para-hydroxylation sites is 1. The van der Waals surface area contributed by atoms with Crippen LogP contribution in [-0.2, 0) is 0 Å². The van der Waals surface area contributed by atoms with E-state index in [2.05, 4.69) is 19.9 Å². The molecule has 2 aromatic carbocycles. The molecule has 0 aliphatic carbocycles. The highest BCUT2D eigenvalue weighted by molar-refractivity contribution is 5.40. The van der Waals surface area contributed by atoms with Crippen LogP contribution in [0.4, 0.5) is 0 Å². The first kappa shape index (κ1) is 12.5.